The minimum absolute atomic E-state index is 0.0121. The molecule has 6 nitrogen and oxygen atoms in total. The van der Waals surface area contributed by atoms with Crippen LogP contribution in [0.1, 0.15) is 47.9 Å². The summed E-state index contributed by atoms with van der Waals surface area (Å²) in [6.07, 6.45) is 2.91. The van der Waals surface area contributed by atoms with Crippen molar-refractivity contribution in [3.8, 4) is 0 Å². The highest BCUT2D eigenvalue weighted by Gasteiger charge is 2.40. The summed E-state index contributed by atoms with van der Waals surface area (Å²) in [4.78, 5) is 13.7. The van der Waals surface area contributed by atoms with E-state index in [1.807, 2.05) is 0 Å². The zero-order valence-electron chi connectivity index (χ0n) is 11.9. The third kappa shape index (κ3) is 2.73. The summed E-state index contributed by atoms with van der Waals surface area (Å²) < 4.78 is 27.4. The Kier molecular flexibility index (Phi) is 3.93. The first-order valence-corrected chi connectivity index (χ1v) is 8.21. The van der Waals surface area contributed by atoms with Crippen LogP contribution < -0.4 is 4.72 Å². The zero-order chi connectivity index (χ0) is 15.1. The zero-order valence-corrected chi connectivity index (χ0v) is 12.7. The van der Waals surface area contributed by atoms with Gasteiger partial charge in [-0.15, -0.1) is 0 Å². The number of sulfonamides is 1. The molecule has 0 bridgehead atoms. The second-order valence-corrected chi connectivity index (χ2v) is 7.05. The van der Waals surface area contributed by atoms with Gasteiger partial charge in [0.05, 0.1) is 0 Å². The number of nitrogens with one attached hydrogen (secondary N) is 2. The first-order valence-electron chi connectivity index (χ1n) is 6.72. The van der Waals surface area contributed by atoms with Gasteiger partial charge < -0.3 is 10.1 Å². The summed E-state index contributed by atoms with van der Waals surface area (Å²) in [5, 5.41) is 9.03. The molecule has 2 rings (SSSR count). The molecule has 1 fully saturated rings. The smallest absolute Gasteiger partial charge is 0.352 e. The number of aryl methyl sites for hydroxylation is 1. The molecule has 20 heavy (non-hydrogen) atoms. The summed E-state index contributed by atoms with van der Waals surface area (Å²) in [7, 11) is -3.67. The summed E-state index contributed by atoms with van der Waals surface area (Å²) in [6, 6.07) is -0.0121. The first kappa shape index (κ1) is 15.1. The van der Waals surface area contributed by atoms with Crippen molar-refractivity contribution < 1.29 is 18.3 Å². The molecule has 1 aliphatic carbocycles. The maximum Gasteiger partial charge on any atom is 0.352 e. The van der Waals surface area contributed by atoms with Gasteiger partial charge in [-0.2, -0.15) is 0 Å². The topological polar surface area (TPSA) is 99.3 Å². The van der Waals surface area contributed by atoms with Gasteiger partial charge in [-0.1, -0.05) is 13.3 Å². The van der Waals surface area contributed by atoms with Crippen molar-refractivity contribution in [2.45, 2.75) is 51.0 Å². The molecule has 1 saturated carbocycles. The lowest BCUT2D eigenvalue weighted by molar-refractivity contribution is 0.0690. The first-order chi connectivity index (χ1) is 9.27. The SMILES string of the molecule is CCCC1CC1NS(=O)(=O)c1c(C)[nH]c(C(=O)O)c1C. The predicted octanol–water partition coefficient (Wildman–Crippen LogP) is 1.80. The number of hydrogen-bond donors (Lipinski definition) is 3. The Bertz CT molecular complexity index is 633. The fraction of sp³-hybridized carbons (Fsp3) is 0.615. The third-order valence-electron chi connectivity index (χ3n) is 3.74. The van der Waals surface area contributed by atoms with Crippen molar-refractivity contribution in [2.75, 3.05) is 0 Å². The van der Waals surface area contributed by atoms with Gasteiger partial charge in [0, 0.05) is 17.3 Å². The number of carbonyl (C=O) groups is 1. The Hall–Kier alpha value is -1.34. The van der Waals surface area contributed by atoms with Crippen LogP contribution in [0.4, 0.5) is 0 Å². The van der Waals surface area contributed by atoms with Crippen LogP contribution in [0.5, 0.6) is 0 Å². The van der Waals surface area contributed by atoms with Crippen molar-refractivity contribution in [2.24, 2.45) is 5.92 Å². The Morgan fingerprint density at radius 3 is 2.60 bits per heavy atom. The molecule has 0 aliphatic heterocycles. The fourth-order valence-electron chi connectivity index (χ4n) is 2.69. The van der Waals surface area contributed by atoms with Crippen molar-refractivity contribution in [3.05, 3.63) is 17.0 Å². The van der Waals surface area contributed by atoms with Crippen molar-refractivity contribution in [3.63, 3.8) is 0 Å². The van der Waals surface area contributed by atoms with Crippen molar-refractivity contribution in [1.82, 2.24) is 9.71 Å². The molecular weight excluding hydrogens is 280 g/mol. The number of H-pyrrole nitrogens is 1. The van der Waals surface area contributed by atoms with E-state index >= 15 is 0 Å². The molecule has 7 heteroatoms. The van der Waals surface area contributed by atoms with E-state index in [4.69, 9.17) is 5.11 Å². The van der Waals surface area contributed by atoms with Gasteiger partial charge in [0.2, 0.25) is 10.0 Å². The second-order valence-electron chi connectivity index (χ2n) is 5.40. The van der Waals surface area contributed by atoms with Crippen molar-refractivity contribution >= 4 is 16.0 Å². The van der Waals surface area contributed by atoms with Gasteiger partial charge in [0.15, 0.2) is 0 Å². The fourth-order valence-corrected chi connectivity index (χ4v) is 4.45. The monoisotopic (exact) mass is 300 g/mol. The molecule has 0 saturated heterocycles. The lowest BCUT2D eigenvalue weighted by Gasteiger charge is -2.07. The molecule has 0 amide bonds. The highest BCUT2D eigenvalue weighted by atomic mass is 32.2. The van der Waals surface area contributed by atoms with Crippen LogP contribution in [-0.2, 0) is 10.0 Å². The third-order valence-corrected chi connectivity index (χ3v) is 5.50. The quantitative estimate of drug-likeness (QED) is 0.746. The van der Waals surface area contributed by atoms with E-state index in [-0.39, 0.29) is 22.2 Å². The number of aromatic carboxylic acids is 1. The van der Waals surface area contributed by atoms with Crippen LogP contribution in [0.15, 0.2) is 4.90 Å². The van der Waals surface area contributed by atoms with E-state index in [0.717, 1.165) is 19.3 Å². The molecule has 1 heterocycles. The number of carboxylic acid groups (broad SMARTS) is 1. The number of rotatable bonds is 6. The van der Waals surface area contributed by atoms with E-state index in [1.165, 1.54) is 6.92 Å². The Labute approximate surface area is 118 Å². The largest absolute Gasteiger partial charge is 0.477 e. The number of hydrogen-bond acceptors (Lipinski definition) is 3. The van der Waals surface area contributed by atoms with Gasteiger partial charge in [-0.05, 0) is 32.6 Å². The van der Waals surface area contributed by atoms with Crippen LogP contribution >= 0.6 is 0 Å². The van der Waals surface area contributed by atoms with E-state index in [0.29, 0.717) is 11.6 Å². The van der Waals surface area contributed by atoms with Crippen molar-refractivity contribution in [1.29, 1.82) is 0 Å². The number of carboxylic acids is 1. The number of aromatic amines is 1. The lowest BCUT2D eigenvalue weighted by Crippen LogP contribution is -2.28. The molecule has 112 valence electrons. The predicted molar refractivity (Wildman–Crippen MR) is 74.4 cm³/mol. The van der Waals surface area contributed by atoms with E-state index in [1.54, 1.807) is 6.92 Å². The van der Waals surface area contributed by atoms with Crippen LogP contribution in [0.3, 0.4) is 0 Å². The molecule has 0 spiro atoms. The van der Waals surface area contributed by atoms with E-state index in [2.05, 4.69) is 16.6 Å². The van der Waals surface area contributed by atoms with Crippen LogP contribution in [0.25, 0.3) is 0 Å². The molecule has 0 radical (unpaired) electrons. The van der Waals surface area contributed by atoms with Crippen LogP contribution in [0, 0.1) is 19.8 Å². The van der Waals surface area contributed by atoms with Crippen LogP contribution in [0.2, 0.25) is 0 Å². The molecule has 3 N–H and O–H groups in total. The van der Waals surface area contributed by atoms with Gasteiger partial charge in [-0.3, -0.25) is 0 Å². The van der Waals surface area contributed by atoms with Crippen LogP contribution in [-0.4, -0.2) is 30.5 Å². The average Bonchev–Trinajstić information content (AvgIpc) is 2.93. The number of aromatic nitrogens is 1. The Morgan fingerprint density at radius 2 is 2.10 bits per heavy atom. The maximum absolute atomic E-state index is 12.4. The molecule has 0 aromatic carbocycles. The van der Waals surface area contributed by atoms with Gasteiger partial charge in [0.25, 0.3) is 0 Å². The Morgan fingerprint density at radius 1 is 1.45 bits per heavy atom. The minimum atomic E-state index is -3.67. The molecule has 1 aromatic heterocycles. The summed E-state index contributed by atoms with van der Waals surface area (Å²) in [5.74, 6) is -0.740. The van der Waals surface area contributed by atoms with Gasteiger partial charge >= 0.3 is 5.97 Å². The molecule has 2 unspecified atom stereocenters. The van der Waals surface area contributed by atoms with E-state index in [9.17, 15) is 13.2 Å². The average molecular weight is 300 g/mol. The van der Waals surface area contributed by atoms with Gasteiger partial charge in [0.1, 0.15) is 10.6 Å². The molecule has 1 aliphatic rings. The van der Waals surface area contributed by atoms with Gasteiger partial charge in [-0.25, -0.2) is 17.9 Å². The molecule has 1 aromatic rings. The molecular formula is C13H20N2O4S. The summed E-state index contributed by atoms with van der Waals surface area (Å²) in [6.45, 7) is 5.16. The normalized spacial score (nSPS) is 21.9. The Balaban J connectivity index is 2.25. The maximum atomic E-state index is 12.4. The standard InChI is InChI=1S/C13H20N2O4S/c1-4-5-9-6-10(9)15-20(18,19)12-7(2)11(13(16)17)14-8(12)3/h9-10,14-15H,4-6H2,1-3H3,(H,16,17). The second kappa shape index (κ2) is 5.21. The summed E-state index contributed by atoms with van der Waals surface area (Å²) in [5.41, 5.74) is 0.555. The highest BCUT2D eigenvalue weighted by molar-refractivity contribution is 7.89. The minimum Gasteiger partial charge on any atom is -0.477 e. The van der Waals surface area contributed by atoms with E-state index < -0.39 is 16.0 Å². The lowest BCUT2D eigenvalue weighted by atomic mass is 10.2. The summed E-state index contributed by atoms with van der Waals surface area (Å²) >= 11 is 0. The molecule has 2 atom stereocenters. The highest BCUT2D eigenvalue weighted by Crippen LogP contribution is 2.36.